The van der Waals surface area contributed by atoms with Crippen LogP contribution < -0.4 is 0 Å². The number of amides is 1. The van der Waals surface area contributed by atoms with E-state index in [0.29, 0.717) is 18.7 Å². The first-order chi connectivity index (χ1) is 8.54. The van der Waals surface area contributed by atoms with E-state index in [-0.39, 0.29) is 11.7 Å². The van der Waals surface area contributed by atoms with Gasteiger partial charge in [0.25, 0.3) is 0 Å². The molecule has 1 heterocycles. The number of furan rings is 1. The molecule has 1 unspecified atom stereocenters. The Morgan fingerprint density at radius 3 is 2.78 bits per heavy atom. The Morgan fingerprint density at radius 2 is 2.28 bits per heavy atom. The van der Waals surface area contributed by atoms with Crippen LogP contribution in [0.15, 0.2) is 22.8 Å². The number of carboxylic acids is 1. The summed E-state index contributed by atoms with van der Waals surface area (Å²) in [7, 11) is 1.67. The number of carbonyl (C=O) groups is 2. The average molecular weight is 271 g/mol. The van der Waals surface area contributed by atoms with Gasteiger partial charge in [0.05, 0.1) is 18.6 Å². The lowest BCUT2D eigenvalue weighted by atomic mass is 10.3. The second kappa shape index (κ2) is 7.10. The summed E-state index contributed by atoms with van der Waals surface area (Å²) in [5.41, 5.74) is 0. The summed E-state index contributed by atoms with van der Waals surface area (Å²) in [6.07, 6.45) is 2.06. The monoisotopic (exact) mass is 271 g/mol. The van der Waals surface area contributed by atoms with Gasteiger partial charge in [-0.25, -0.2) is 0 Å². The predicted molar refractivity (Wildman–Crippen MR) is 69.4 cm³/mol. The number of carboxylic acid groups (broad SMARTS) is 1. The van der Waals surface area contributed by atoms with Crippen LogP contribution in [-0.2, 0) is 16.1 Å². The Labute approximate surface area is 110 Å². The highest BCUT2D eigenvalue weighted by molar-refractivity contribution is 8.01. The average Bonchev–Trinajstić information content (AvgIpc) is 2.81. The van der Waals surface area contributed by atoms with E-state index >= 15 is 0 Å². The number of thioether (sulfide) groups is 1. The van der Waals surface area contributed by atoms with Gasteiger partial charge in [0.2, 0.25) is 5.91 Å². The van der Waals surface area contributed by atoms with Crippen molar-refractivity contribution in [2.75, 3.05) is 12.8 Å². The van der Waals surface area contributed by atoms with Crippen molar-refractivity contribution >= 4 is 23.6 Å². The van der Waals surface area contributed by atoms with Gasteiger partial charge in [-0.2, -0.15) is 0 Å². The number of hydrogen-bond donors (Lipinski definition) is 1. The normalized spacial score (nSPS) is 12.1. The fourth-order valence-corrected chi connectivity index (χ4v) is 2.31. The molecule has 1 aromatic heterocycles. The standard InChI is InChI=1S/C12H17NO4S/c1-3-10(12(15)16)18-8-11(14)13(2)7-9-5-4-6-17-9/h4-6,10H,3,7-8H2,1-2H3,(H,15,16). The Balaban J connectivity index is 2.38. The van der Waals surface area contributed by atoms with Crippen LogP contribution in [0, 0.1) is 0 Å². The van der Waals surface area contributed by atoms with Gasteiger partial charge >= 0.3 is 5.97 Å². The van der Waals surface area contributed by atoms with Crippen molar-refractivity contribution in [3.8, 4) is 0 Å². The molecule has 0 fully saturated rings. The smallest absolute Gasteiger partial charge is 0.316 e. The Morgan fingerprint density at radius 1 is 1.56 bits per heavy atom. The molecular weight excluding hydrogens is 254 g/mol. The molecule has 0 bridgehead atoms. The van der Waals surface area contributed by atoms with Gasteiger partial charge in [-0.1, -0.05) is 6.92 Å². The molecule has 0 saturated carbocycles. The van der Waals surface area contributed by atoms with Gasteiger partial charge in [-0.05, 0) is 18.6 Å². The SMILES string of the molecule is CCC(SCC(=O)N(C)Cc1ccco1)C(=O)O. The van der Waals surface area contributed by atoms with Crippen LogP contribution >= 0.6 is 11.8 Å². The fourth-order valence-electron chi connectivity index (χ4n) is 1.37. The molecular formula is C12H17NO4S. The number of carbonyl (C=O) groups excluding carboxylic acids is 1. The van der Waals surface area contributed by atoms with E-state index in [1.807, 2.05) is 0 Å². The topological polar surface area (TPSA) is 70.8 Å². The molecule has 18 heavy (non-hydrogen) atoms. The molecule has 1 rings (SSSR count). The molecule has 6 heteroatoms. The molecule has 1 amide bonds. The third-order valence-corrected chi connectivity index (χ3v) is 3.80. The minimum Gasteiger partial charge on any atom is -0.480 e. The van der Waals surface area contributed by atoms with Crippen LogP contribution in [0.25, 0.3) is 0 Å². The highest BCUT2D eigenvalue weighted by atomic mass is 32.2. The second-order valence-corrected chi connectivity index (χ2v) is 5.07. The molecule has 1 aromatic rings. The summed E-state index contributed by atoms with van der Waals surface area (Å²) < 4.78 is 5.14. The van der Waals surface area contributed by atoms with Crippen LogP contribution in [0.3, 0.4) is 0 Å². The lowest BCUT2D eigenvalue weighted by Gasteiger charge is -2.16. The number of rotatable bonds is 7. The summed E-state index contributed by atoms with van der Waals surface area (Å²) >= 11 is 1.16. The zero-order valence-corrected chi connectivity index (χ0v) is 11.3. The molecule has 1 N–H and O–H groups in total. The van der Waals surface area contributed by atoms with Crippen molar-refractivity contribution in [2.24, 2.45) is 0 Å². The Kier molecular flexibility index (Phi) is 5.77. The summed E-state index contributed by atoms with van der Waals surface area (Å²) in [6.45, 7) is 2.19. The molecule has 0 aliphatic rings. The highest BCUT2D eigenvalue weighted by Crippen LogP contribution is 2.15. The third-order valence-electron chi connectivity index (χ3n) is 2.45. The first kappa shape index (κ1) is 14.6. The van der Waals surface area contributed by atoms with E-state index in [1.165, 1.54) is 4.90 Å². The van der Waals surface area contributed by atoms with Crippen molar-refractivity contribution in [3.05, 3.63) is 24.2 Å². The van der Waals surface area contributed by atoms with E-state index in [9.17, 15) is 9.59 Å². The van der Waals surface area contributed by atoms with Crippen molar-refractivity contribution in [3.63, 3.8) is 0 Å². The van der Waals surface area contributed by atoms with Crippen LogP contribution in [0.4, 0.5) is 0 Å². The zero-order chi connectivity index (χ0) is 13.5. The van der Waals surface area contributed by atoms with E-state index in [4.69, 9.17) is 9.52 Å². The fraction of sp³-hybridized carbons (Fsp3) is 0.500. The number of nitrogens with zero attached hydrogens (tertiary/aromatic N) is 1. The lowest BCUT2D eigenvalue weighted by molar-refractivity contribution is -0.136. The van der Waals surface area contributed by atoms with E-state index in [2.05, 4.69) is 0 Å². The molecule has 0 radical (unpaired) electrons. The molecule has 0 spiro atoms. The Bertz CT molecular complexity index is 391. The molecule has 0 saturated heterocycles. The maximum absolute atomic E-state index is 11.8. The van der Waals surface area contributed by atoms with Crippen LogP contribution in [0.2, 0.25) is 0 Å². The predicted octanol–water partition coefficient (Wildman–Crippen LogP) is 1.83. The van der Waals surface area contributed by atoms with E-state index < -0.39 is 11.2 Å². The van der Waals surface area contributed by atoms with E-state index in [0.717, 1.165) is 11.8 Å². The number of aliphatic carboxylic acids is 1. The quantitative estimate of drug-likeness (QED) is 0.819. The van der Waals surface area contributed by atoms with E-state index in [1.54, 1.807) is 32.4 Å². The summed E-state index contributed by atoms with van der Waals surface area (Å²) in [5, 5.41) is 8.35. The minimum absolute atomic E-state index is 0.101. The number of hydrogen-bond acceptors (Lipinski definition) is 4. The third kappa shape index (κ3) is 4.44. The summed E-state index contributed by atoms with van der Waals surface area (Å²) in [6, 6.07) is 3.56. The maximum atomic E-state index is 11.8. The van der Waals surface area contributed by atoms with Crippen LogP contribution in [-0.4, -0.2) is 39.9 Å². The molecule has 0 aliphatic carbocycles. The van der Waals surface area contributed by atoms with Crippen LogP contribution in [0.1, 0.15) is 19.1 Å². The molecule has 0 aliphatic heterocycles. The van der Waals surface area contributed by atoms with Gasteiger partial charge in [0, 0.05) is 7.05 Å². The first-order valence-electron chi connectivity index (χ1n) is 5.65. The molecule has 5 nitrogen and oxygen atoms in total. The van der Waals surface area contributed by atoms with Crippen LogP contribution in [0.5, 0.6) is 0 Å². The van der Waals surface area contributed by atoms with Crippen molar-refractivity contribution < 1.29 is 19.1 Å². The second-order valence-electron chi connectivity index (χ2n) is 3.88. The van der Waals surface area contributed by atoms with Gasteiger partial charge in [0.15, 0.2) is 0 Å². The summed E-state index contributed by atoms with van der Waals surface area (Å²) in [4.78, 5) is 24.1. The lowest BCUT2D eigenvalue weighted by Crippen LogP contribution is -2.29. The Hall–Kier alpha value is -1.43. The molecule has 1 atom stereocenters. The zero-order valence-electron chi connectivity index (χ0n) is 10.5. The maximum Gasteiger partial charge on any atom is 0.316 e. The highest BCUT2D eigenvalue weighted by Gasteiger charge is 2.18. The van der Waals surface area contributed by atoms with Gasteiger partial charge in [-0.15, -0.1) is 11.8 Å². The van der Waals surface area contributed by atoms with Crippen molar-refractivity contribution in [1.29, 1.82) is 0 Å². The molecule has 100 valence electrons. The van der Waals surface area contributed by atoms with Gasteiger partial charge in [-0.3, -0.25) is 9.59 Å². The largest absolute Gasteiger partial charge is 0.480 e. The summed E-state index contributed by atoms with van der Waals surface area (Å²) in [5.74, 6) is -0.0941. The minimum atomic E-state index is -0.871. The van der Waals surface area contributed by atoms with Gasteiger partial charge in [0.1, 0.15) is 11.0 Å². The first-order valence-corrected chi connectivity index (χ1v) is 6.70. The van der Waals surface area contributed by atoms with Gasteiger partial charge < -0.3 is 14.4 Å². The molecule has 0 aromatic carbocycles. The van der Waals surface area contributed by atoms with Crippen molar-refractivity contribution in [1.82, 2.24) is 4.90 Å². The van der Waals surface area contributed by atoms with Crippen molar-refractivity contribution in [2.45, 2.75) is 25.1 Å².